The number of hydrogen-bond acceptors (Lipinski definition) is 4. The van der Waals surface area contributed by atoms with Crippen LogP contribution in [0.5, 0.6) is 0 Å². The predicted molar refractivity (Wildman–Crippen MR) is 119 cm³/mol. The number of carbonyl (C=O) groups is 2. The molecule has 30 heavy (non-hydrogen) atoms. The smallest absolute Gasteiger partial charge is 0.253 e. The number of carbonyl (C=O) groups excluding carboxylic acids is 2. The van der Waals surface area contributed by atoms with Crippen LogP contribution in [0.4, 0.5) is 11.4 Å². The summed E-state index contributed by atoms with van der Waals surface area (Å²) < 4.78 is 5.26. The summed E-state index contributed by atoms with van der Waals surface area (Å²) in [4.78, 5) is 29.4. The maximum Gasteiger partial charge on any atom is 0.253 e. The summed E-state index contributed by atoms with van der Waals surface area (Å²) in [5.41, 5.74) is 3.16. The van der Waals surface area contributed by atoms with Crippen molar-refractivity contribution >= 4 is 23.2 Å². The first kappa shape index (κ1) is 21.2. The van der Waals surface area contributed by atoms with Crippen LogP contribution in [0.3, 0.4) is 0 Å². The Balaban J connectivity index is 1.74. The number of aryl methyl sites for hydroxylation is 1. The average Bonchev–Trinajstić information content (AvgIpc) is 3.29. The molecule has 3 aromatic rings. The van der Waals surface area contributed by atoms with Gasteiger partial charge in [0.15, 0.2) is 0 Å². The van der Waals surface area contributed by atoms with E-state index in [0.29, 0.717) is 23.6 Å². The Morgan fingerprint density at radius 2 is 1.67 bits per heavy atom. The summed E-state index contributed by atoms with van der Waals surface area (Å²) in [7, 11) is 1.70. The Labute approximate surface area is 177 Å². The van der Waals surface area contributed by atoms with Crippen LogP contribution in [0.1, 0.15) is 28.6 Å². The monoisotopic (exact) mass is 405 g/mol. The van der Waals surface area contributed by atoms with E-state index in [2.05, 4.69) is 5.32 Å². The fourth-order valence-electron chi connectivity index (χ4n) is 3.32. The van der Waals surface area contributed by atoms with Gasteiger partial charge in [0.1, 0.15) is 5.76 Å². The summed E-state index contributed by atoms with van der Waals surface area (Å²) in [6.07, 6.45) is 1.57. The third-order valence-electron chi connectivity index (χ3n) is 5.05. The van der Waals surface area contributed by atoms with Gasteiger partial charge in [0.2, 0.25) is 5.91 Å². The van der Waals surface area contributed by atoms with Crippen molar-refractivity contribution in [2.24, 2.45) is 0 Å². The molecule has 0 unspecified atom stereocenters. The predicted octanol–water partition coefficient (Wildman–Crippen LogP) is 4.01. The van der Waals surface area contributed by atoms with Crippen LogP contribution in [0.15, 0.2) is 71.3 Å². The molecule has 0 radical (unpaired) electrons. The molecule has 0 saturated carbocycles. The third kappa shape index (κ3) is 4.89. The Bertz CT molecular complexity index is 998. The maximum atomic E-state index is 13.1. The first-order valence-electron chi connectivity index (χ1n) is 9.98. The van der Waals surface area contributed by atoms with E-state index in [1.165, 1.54) is 0 Å². The second-order valence-corrected chi connectivity index (χ2v) is 7.03. The van der Waals surface area contributed by atoms with Crippen molar-refractivity contribution in [1.82, 2.24) is 5.32 Å². The number of rotatable bonds is 8. The molecule has 1 aromatic heterocycles. The highest BCUT2D eigenvalue weighted by Gasteiger charge is 2.21. The summed E-state index contributed by atoms with van der Waals surface area (Å²) >= 11 is 0. The van der Waals surface area contributed by atoms with Crippen molar-refractivity contribution in [3.63, 3.8) is 0 Å². The first-order chi connectivity index (χ1) is 14.5. The molecule has 6 nitrogen and oxygen atoms in total. The zero-order valence-electron chi connectivity index (χ0n) is 17.6. The standard InChI is InChI=1S/C24H27N3O3/c1-4-27(21-13-7-5-10-18(21)2)17-23(28)26(3)22-14-8-6-12-20(22)24(29)25-16-19-11-9-15-30-19/h5-15H,4,16-17H2,1-3H3,(H,25,29). The number of likely N-dealkylation sites (N-methyl/N-ethyl adjacent to an activating group) is 2. The minimum atomic E-state index is -0.257. The molecule has 0 aliphatic rings. The quantitative estimate of drug-likeness (QED) is 0.615. The number of anilines is 2. The van der Waals surface area contributed by atoms with Gasteiger partial charge in [-0.15, -0.1) is 0 Å². The van der Waals surface area contributed by atoms with Crippen molar-refractivity contribution in [3.05, 3.63) is 83.8 Å². The Hall–Kier alpha value is -3.54. The molecule has 2 amide bonds. The topological polar surface area (TPSA) is 65.8 Å². The molecule has 1 heterocycles. The highest BCUT2D eigenvalue weighted by Crippen LogP contribution is 2.22. The second-order valence-electron chi connectivity index (χ2n) is 7.03. The normalized spacial score (nSPS) is 10.5. The van der Waals surface area contributed by atoms with Gasteiger partial charge in [-0.3, -0.25) is 9.59 Å². The number of hydrogen-bond donors (Lipinski definition) is 1. The lowest BCUT2D eigenvalue weighted by Gasteiger charge is -2.27. The molecule has 0 bridgehead atoms. The van der Waals surface area contributed by atoms with E-state index in [0.717, 1.165) is 11.3 Å². The van der Waals surface area contributed by atoms with Gasteiger partial charge < -0.3 is 19.5 Å². The minimum absolute atomic E-state index is 0.0913. The van der Waals surface area contributed by atoms with E-state index < -0.39 is 0 Å². The number of amides is 2. The SMILES string of the molecule is CCN(CC(=O)N(C)c1ccccc1C(=O)NCc1ccco1)c1ccccc1C. The van der Waals surface area contributed by atoms with Crippen LogP contribution in [-0.4, -0.2) is 32.0 Å². The van der Waals surface area contributed by atoms with Crippen LogP contribution in [0.25, 0.3) is 0 Å². The van der Waals surface area contributed by atoms with Gasteiger partial charge in [0.05, 0.1) is 30.6 Å². The van der Waals surface area contributed by atoms with E-state index in [1.807, 2.05) is 49.1 Å². The minimum Gasteiger partial charge on any atom is -0.467 e. The molecular weight excluding hydrogens is 378 g/mol. The van der Waals surface area contributed by atoms with Crippen molar-refractivity contribution in [2.75, 3.05) is 29.9 Å². The molecular formula is C24H27N3O3. The van der Waals surface area contributed by atoms with Gasteiger partial charge >= 0.3 is 0 Å². The number of furan rings is 1. The summed E-state index contributed by atoms with van der Waals surface area (Å²) in [5, 5.41) is 2.84. The Morgan fingerprint density at radius 1 is 0.967 bits per heavy atom. The van der Waals surface area contributed by atoms with Gasteiger partial charge in [-0.05, 0) is 49.7 Å². The van der Waals surface area contributed by atoms with Crippen molar-refractivity contribution in [2.45, 2.75) is 20.4 Å². The molecule has 3 rings (SSSR count). The lowest BCUT2D eigenvalue weighted by Crippen LogP contribution is -2.39. The van der Waals surface area contributed by atoms with E-state index in [1.54, 1.807) is 48.5 Å². The van der Waals surface area contributed by atoms with Gasteiger partial charge in [-0.25, -0.2) is 0 Å². The van der Waals surface area contributed by atoms with Crippen LogP contribution in [-0.2, 0) is 11.3 Å². The molecule has 2 aromatic carbocycles. The average molecular weight is 405 g/mol. The molecule has 0 fully saturated rings. The van der Waals surface area contributed by atoms with Crippen molar-refractivity contribution < 1.29 is 14.0 Å². The maximum absolute atomic E-state index is 13.1. The van der Waals surface area contributed by atoms with Gasteiger partial charge in [-0.1, -0.05) is 30.3 Å². The third-order valence-corrected chi connectivity index (χ3v) is 5.05. The number of para-hydroxylation sites is 2. The van der Waals surface area contributed by atoms with Crippen LogP contribution < -0.4 is 15.1 Å². The van der Waals surface area contributed by atoms with Gasteiger partial charge in [0.25, 0.3) is 5.91 Å². The number of nitrogens with one attached hydrogen (secondary N) is 1. The van der Waals surface area contributed by atoms with Crippen molar-refractivity contribution in [3.8, 4) is 0 Å². The second kappa shape index (κ2) is 9.78. The van der Waals surface area contributed by atoms with E-state index in [9.17, 15) is 9.59 Å². The Morgan fingerprint density at radius 3 is 2.33 bits per heavy atom. The fraction of sp³-hybridized carbons (Fsp3) is 0.250. The largest absolute Gasteiger partial charge is 0.467 e. The van der Waals surface area contributed by atoms with Gasteiger partial charge in [-0.2, -0.15) is 0 Å². The van der Waals surface area contributed by atoms with Crippen LogP contribution in [0, 0.1) is 6.92 Å². The number of benzene rings is 2. The highest BCUT2D eigenvalue weighted by atomic mass is 16.3. The number of nitrogens with zero attached hydrogens (tertiary/aromatic N) is 2. The summed E-state index contributed by atoms with van der Waals surface area (Å²) in [6.45, 7) is 5.27. The Kier molecular flexibility index (Phi) is 6.91. The molecule has 0 atom stereocenters. The summed E-state index contributed by atoms with van der Waals surface area (Å²) in [5.74, 6) is 0.321. The molecule has 156 valence electrons. The van der Waals surface area contributed by atoms with Gasteiger partial charge in [0, 0.05) is 19.3 Å². The molecule has 0 saturated heterocycles. The molecule has 0 spiro atoms. The molecule has 0 aliphatic heterocycles. The highest BCUT2D eigenvalue weighted by molar-refractivity contribution is 6.05. The fourth-order valence-corrected chi connectivity index (χ4v) is 3.32. The summed E-state index contributed by atoms with van der Waals surface area (Å²) in [6, 6.07) is 18.7. The van der Waals surface area contributed by atoms with Crippen LogP contribution >= 0.6 is 0 Å². The molecule has 0 aliphatic carbocycles. The van der Waals surface area contributed by atoms with Crippen LogP contribution in [0.2, 0.25) is 0 Å². The lowest BCUT2D eigenvalue weighted by molar-refractivity contribution is -0.117. The van der Waals surface area contributed by atoms with E-state index in [4.69, 9.17) is 4.42 Å². The first-order valence-corrected chi connectivity index (χ1v) is 9.98. The zero-order valence-corrected chi connectivity index (χ0v) is 17.6. The lowest BCUT2D eigenvalue weighted by atomic mass is 10.1. The van der Waals surface area contributed by atoms with E-state index >= 15 is 0 Å². The zero-order chi connectivity index (χ0) is 21.5. The van der Waals surface area contributed by atoms with Crippen molar-refractivity contribution in [1.29, 1.82) is 0 Å². The molecule has 1 N–H and O–H groups in total. The molecule has 6 heteroatoms. The van der Waals surface area contributed by atoms with E-state index in [-0.39, 0.29) is 24.9 Å².